The molecule has 0 amide bonds. The molecule has 1 fully saturated rings. The topological polar surface area (TPSA) is 46.1 Å². The summed E-state index contributed by atoms with van der Waals surface area (Å²) < 4.78 is 11.2. The van der Waals surface area contributed by atoms with Gasteiger partial charge in [-0.2, -0.15) is 0 Å². The zero-order valence-electron chi connectivity index (χ0n) is 14.3. The molecule has 1 N–H and O–H groups in total. The van der Waals surface area contributed by atoms with Gasteiger partial charge in [0.2, 0.25) is 0 Å². The standard InChI is InChI=1S/C17H29N3O2S/c1-18-17(20(2)10-8-16-7-4-13-23-16)19-9-5-11-21-14-15-6-3-12-22-15/h4,7,13,15H,3,5-6,8-12,14H2,1-2H3,(H,18,19). The van der Waals surface area contributed by atoms with Crippen molar-refractivity contribution in [3.63, 3.8) is 0 Å². The van der Waals surface area contributed by atoms with Gasteiger partial charge in [-0.25, -0.2) is 0 Å². The van der Waals surface area contributed by atoms with E-state index in [9.17, 15) is 0 Å². The second kappa shape index (κ2) is 10.6. The third kappa shape index (κ3) is 6.89. The van der Waals surface area contributed by atoms with E-state index in [1.807, 2.05) is 18.4 Å². The second-order valence-electron chi connectivity index (χ2n) is 5.79. The fourth-order valence-corrected chi connectivity index (χ4v) is 3.29. The first-order chi connectivity index (χ1) is 11.3. The Hall–Kier alpha value is -1.11. The Morgan fingerprint density at radius 2 is 2.48 bits per heavy atom. The minimum atomic E-state index is 0.319. The van der Waals surface area contributed by atoms with Gasteiger partial charge in [-0.05, 0) is 37.1 Å². The monoisotopic (exact) mass is 339 g/mol. The molecule has 0 saturated carbocycles. The molecule has 0 radical (unpaired) electrons. The normalized spacial score (nSPS) is 18.3. The van der Waals surface area contributed by atoms with Gasteiger partial charge in [-0.1, -0.05) is 6.07 Å². The van der Waals surface area contributed by atoms with Crippen LogP contribution in [0.3, 0.4) is 0 Å². The Kier molecular flexibility index (Phi) is 8.42. The quantitative estimate of drug-likeness (QED) is 0.426. The lowest BCUT2D eigenvalue weighted by Gasteiger charge is -2.21. The zero-order chi connectivity index (χ0) is 16.3. The number of guanidine groups is 1. The average Bonchev–Trinajstić information content (AvgIpc) is 3.25. The Bertz CT molecular complexity index is 445. The van der Waals surface area contributed by atoms with E-state index in [2.05, 4.69) is 39.8 Å². The minimum absolute atomic E-state index is 0.319. The van der Waals surface area contributed by atoms with Crippen LogP contribution in [-0.4, -0.2) is 64.0 Å². The fourth-order valence-electron chi connectivity index (χ4n) is 2.59. The number of likely N-dealkylation sites (N-methyl/N-ethyl adjacent to an activating group) is 1. The van der Waals surface area contributed by atoms with Crippen LogP contribution in [0.5, 0.6) is 0 Å². The summed E-state index contributed by atoms with van der Waals surface area (Å²) in [6, 6.07) is 4.28. The molecule has 6 heteroatoms. The third-order valence-corrected chi connectivity index (χ3v) is 4.86. The maximum absolute atomic E-state index is 5.67. The van der Waals surface area contributed by atoms with E-state index in [0.717, 1.165) is 58.1 Å². The summed E-state index contributed by atoms with van der Waals surface area (Å²) in [4.78, 5) is 7.93. The van der Waals surface area contributed by atoms with E-state index < -0.39 is 0 Å². The Balaban J connectivity index is 1.53. The Morgan fingerprint density at radius 3 is 3.17 bits per heavy atom. The van der Waals surface area contributed by atoms with Crippen molar-refractivity contribution < 1.29 is 9.47 Å². The lowest BCUT2D eigenvalue weighted by atomic mass is 10.2. The highest BCUT2D eigenvalue weighted by Gasteiger charge is 2.14. The van der Waals surface area contributed by atoms with Crippen LogP contribution in [-0.2, 0) is 15.9 Å². The summed E-state index contributed by atoms with van der Waals surface area (Å²) in [6.07, 6.45) is 4.66. The molecule has 23 heavy (non-hydrogen) atoms. The van der Waals surface area contributed by atoms with Crippen LogP contribution in [0, 0.1) is 0 Å². The largest absolute Gasteiger partial charge is 0.379 e. The number of hydrogen-bond donors (Lipinski definition) is 1. The van der Waals surface area contributed by atoms with Crippen molar-refractivity contribution in [1.82, 2.24) is 10.2 Å². The summed E-state index contributed by atoms with van der Waals surface area (Å²) in [5.41, 5.74) is 0. The molecule has 1 atom stereocenters. The molecule has 2 rings (SSSR count). The van der Waals surface area contributed by atoms with E-state index >= 15 is 0 Å². The molecular formula is C17H29N3O2S. The van der Waals surface area contributed by atoms with Gasteiger partial charge in [0.15, 0.2) is 5.96 Å². The highest BCUT2D eigenvalue weighted by atomic mass is 32.1. The molecule has 130 valence electrons. The van der Waals surface area contributed by atoms with Crippen LogP contribution in [0.1, 0.15) is 24.1 Å². The predicted molar refractivity (Wildman–Crippen MR) is 96.4 cm³/mol. The smallest absolute Gasteiger partial charge is 0.193 e. The molecular weight excluding hydrogens is 310 g/mol. The van der Waals surface area contributed by atoms with Gasteiger partial charge in [0.25, 0.3) is 0 Å². The van der Waals surface area contributed by atoms with Crippen LogP contribution in [0.2, 0.25) is 0 Å². The number of ether oxygens (including phenoxy) is 2. The van der Waals surface area contributed by atoms with Crippen molar-refractivity contribution in [3.8, 4) is 0 Å². The number of aliphatic imine (C=N–C) groups is 1. The Morgan fingerprint density at radius 1 is 1.57 bits per heavy atom. The molecule has 1 saturated heterocycles. The van der Waals surface area contributed by atoms with Gasteiger partial charge >= 0.3 is 0 Å². The number of thiophene rings is 1. The first kappa shape index (κ1) is 18.2. The van der Waals surface area contributed by atoms with Gasteiger partial charge < -0.3 is 19.7 Å². The van der Waals surface area contributed by atoms with Crippen LogP contribution < -0.4 is 5.32 Å². The molecule has 1 aromatic rings. The van der Waals surface area contributed by atoms with Crippen molar-refractivity contribution in [2.75, 3.05) is 47.0 Å². The number of hydrogen-bond acceptors (Lipinski definition) is 4. The molecule has 2 heterocycles. The van der Waals surface area contributed by atoms with Gasteiger partial charge in [-0.3, -0.25) is 4.99 Å². The molecule has 1 aliphatic rings. The lowest BCUT2D eigenvalue weighted by molar-refractivity contribution is 0.0168. The summed E-state index contributed by atoms with van der Waals surface area (Å²) in [5, 5.41) is 5.52. The highest BCUT2D eigenvalue weighted by molar-refractivity contribution is 7.09. The van der Waals surface area contributed by atoms with Crippen molar-refractivity contribution in [2.45, 2.75) is 31.8 Å². The van der Waals surface area contributed by atoms with Crippen LogP contribution >= 0.6 is 11.3 Å². The number of nitrogens with one attached hydrogen (secondary N) is 1. The maximum atomic E-state index is 5.67. The second-order valence-corrected chi connectivity index (χ2v) is 6.82. The molecule has 0 spiro atoms. The molecule has 1 aliphatic heterocycles. The van der Waals surface area contributed by atoms with E-state index in [1.165, 1.54) is 11.3 Å². The van der Waals surface area contributed by atoms with Crippen molar-refractivity contribution >= 4 is 17.3 Å². The van der Waals surface area contributed by atoms with Crippen molar-refractivity contribution in [1.29, 1.82) is 0 Å². The van der Waals surface area contributed by atoms with E-state index in [-0.39, 0.29) is 0 Å². The summed E-state index contributed by atoms with van der Waals surface area (Å²) >= 11 is 1.81. The summed E-state index contributed by atoms with van der Waals surface area (Å²) in [6.45, 7) is 4.24. The molecule has 0 aliphatic carbocycles. The van der Waals surface area contributed by atoms with Crippen molar-refractivity contribution in [2.24, 2.45) is 4.99 Å². The van der Waals surface area contributed by atoms with Gasteiger partial charge in [0, 0.05) is 45.3 Å². The van der Waals surface area contributed by atoms with Crippen LogP contribution in [0.15, 0.2) is 22.5 Å². The minimum Gasteiger partial charge on any atom is -0.379 e. The van der Waals surface area contributed by atoms with E-state index in [1.54, 1.807) is 0 Å². The predicted octanol–water partition coefficient (Wildman–Crippen LogP) is 2.38. The molecule has 1 aromatic heterocycles. The van der Waals surface area contributed by atoms with Crippen LogP contribution in [0.4, 0.5) is 0 Å². The highest BCUT2D eigenvalue weighted by Crippen LogP contribution is 2.12. The number of nitrogens with zero attached hydrogens (tertiary/aromatic N) is 2. The van der Waals surface area contributed by atoms with Gasteiger partial charge in [-0.15, -0.1) is 11.3 Å². The summed E-state index contributed by atoms with van der Waals surface area (Å²) in [5.74, 6) is 0.945. The van der Waals surface area contributed by atoms with E-state index in [0.29, 0.717) is 6.10 Å². The van der Waals surface area contributed by atoms with Gasteiger partial charge in [0.05, 0.1) is 12.7 Å². The molecule has 0 bridgehead atoms. The Labute approximate surface area is 143 Å². The van der Waals surface area contributed by atoms with E-state index in [4.69, 9.17) is 9.47 Å². The molecule has 5 nitrogen and oxygen atoms in total. The molecule has 0 aromatic carbocycles. The van der Waals surface area contributed by atoms with Crippen molar-refractivity contribution in [3.05, 3.63) is 22.4 Å². The zero-order valence-corrected chi connectivity index (χ0v) is 15.1. The van der Waals surface area contributed by atoms with Gasteiger partial charge in [0.1, 0.15) is 0 Å². The first-order valence-electron chi connectivity index (χ1n) is 8.43. The SMILES string of the molecule is CN=C(NCCCOCC1CCCO1)N(C)CCc1cccs1. The average molecular weight is 340 g/mol. The maximum Gasteiger partial charge on any atom is 0.193 e. The summed E-state index contributed by atoms with van der Waals surface area (Å²) in [7, 11) is 3.91. The molecule has 1 unspecified atom stereocenters. The number of rotatable bonds is 9. The third-order valence-electron chi connectivity index (χ3n) is 3.92. The lowest BCUT2D eigenvalue weighted by Crippen LogP contribution is -2.40. The fraction of sp³-hybridized carbons (Fsp3) is 0.706. The first-order valence-corrected chi connectivity index (χ1v) is 9.31. The van der Waals surface area contributed by atoms with Crippen LogP contribution in [0.25, 0.3) is 0 Å².